The molecule has 1 amide bonds. The minimum atomic E-state index is -0.409. The van der Waals surface area contributed by atoms with E-state index in [0.29, 0.717) is 34.0 Å². The minimum absolute atomic E-state index is 0.0660. The molecule has 0 aliphatic heterocycles. The Kier molecular flexibility index (Phi) is 6.60. The van der Waals surface area contributed by atoms with Crippen LogP contribution in [0.25, 0.3) is 22.2 Å². The van der Waals surface area contributed by atoms with Crippen LogP contribution in [-0.2, 0) is 16.6 Å². The first-order valence-electron chi connectivity index (χ1n) is 10.3. The molecule has 0 spiro atoms. The van der Waals surface area contributed by atoms with Gasteiger partial charge in [0.2, 0.25) is 5.91 Å². The average molecular weight is 463 g/mol. The van der Waals surface area contributed by atoms with E-state index in [9.17, 15) is 14.4 Å². The molecule has 2 aromatic carbocycles. The molecule has 2 heterocycles. The Hall–Kier alpha value is -3.85. The molecule has 0 fully saturated rings. The zero-order valence-electron chi connectivity index (χ0n) is 18.1. The molecular formula is C24H22N4O4S. The van der Waals surface area contributed by atoms with Crippen molar-refractivity contribution in [3.63, 3.8) is 0 Å². The summed E-state index contributed by atoms with van der Waals surface area (Å²) in [6, 6.07) is 16.2. The van der Waals surface area contributed by atoms with Gasteiger partial charge < -0.3 is 15.0 Å². The fourth-order valence-electron chi connectivity index (χ4n) is 3.32. The Labute approximate surface area is 194 Å². The van der Waals surface area contributed by atoms with Crippen LogP contribution in [-0.4, -0.2) is 38.8 Å². The van der Waals surface area contributed by atoms with Crippen molar-refractivity contribution >= 4 is 40.4 Å². The number of benzene rings is 2. The van der Waals surface area contributed by atoms with Crippen LogP contribution in [0, 0.1) is 0 Å². The Morgan fingerprint density at radius 1 is 1.12 bits per heavy atom. The highest BCUT2D eigenvalue weighted by Crippen LogP contribution is 2.27. The number of carbonyl (C=O) groups excluding carboxylic acids is 2. The molecule has 2 N–H and O–H groups in total. The molecule has 4 rings (SSSR count). The van der Waals surface area contributed by atoms with Crippen molar-refractivity contribution in [2.75, 3.05) is 17.7 Å². The van der Waals surface area contributed by atoms with Gasteiger partial charge in [-0.1, -0.05) is 42.1 Å². The van der Waals surface area contributed by atoms with Crippen LogP contribution in [0.3, 0.4) is 0 Å². The summed E-state index contributed by atoms with van der Waals surface area (Å²) in [7, 11) is 1.63. The van der Waals surface area contributed by atoms with Crippen molar-refractivity contribution in [3.8, 4) is 11.1 Å². The lowest BCUT2D eigenvalue weighted by molar-refractivity contribution is -0.113. The van der Waals surface area contributed by atoms with Gasteiger partial charge in [-0.2, -0.15) is 0 Å². The van der Waals surface area contributed by atoms with E-state index in [1.54, 1.807) is 44.4 Å². The van der Waals surface area contributed by atoms with Crippen molar-refractivity contribution in [1.82, 2.24) is 14.5 Å². The van der Waals surface area contributed by atoms with E-state index in [1.807, 2.05) is 30.3 Å². The molecule has 0 aliphatic rings. The van der Waals surface area contributed by atoms with Gasteiger partial charge in [0.05, 0.1) is 17.9 Å². The number of ether oxygens (including phenoxy) is 1. The number of thioether (sulfide) groups is 1. The number of carbonyl (C=O) groups is 2. The molecule has 2 aromatic heterocycles. The quantitative estimate of drug-likeness (QED) is 0.246. The van der Waals surface area contributed by atoms with Crippen molar-refractivity contribution in [1.29, 1.82) is 0 Å². The fourth-order valence-corrected chi connectivity index (χ4v) is 4.08. The number of aromatic nitrogens is 3. The maximum Gasteiger partial charge on any atom is 0.338 e. The third-order valence-corrected chi connectivity index (χ3v) is 5.99. The second-order valence-electron chi connectivity index (χ2n) is 7.19. The summed E-state index contributed by atoms with van der Waals surface area (Å²) < 4.78 is 6.38. The van der Waals surface area contributed by atoms with Gasteiger partial charge in [-0.3, -0.25) is 14.2 Å². The maximum atomic E-state index is 12.8. The van der Waals surface area contributed by atoms with Crippen LogP contribution in [0.1, 0.15) is 17.3 Å². The van der Waals surface area contributed by atoms with Gasteiger partial charge in [-0.25, -0.2) is 9.78 Å². The zero-order valence-corrected chi connectivity index (χ0v) is 18.9. The Balaban J connectivity index is 1.49. The smallest absolute Gasteiger partial charge is 0.338 e. The predicted molar refractivity (Wildman–Crippen MR) is 129 cm³/mol. The number of rotatable bonds is 7. The molecule has 0 atom stereocenters. The van der Waals surface area contributed by atoms with Crippen LogP contribution in [0.4, 0.5) is 5.69 Å². The normalized spacial score (nSPS) is 10.8. The lowest BCUT2D eigenvalue weighted by Gasteiger charge is -2.09. The molecule has 8 nitrogen and oxygen atoms in total. The van der Waals surface area contributed by atoms with Gasteiger partial charge in [0.25, 0.3) is 5.56 Å². The molecule has 0 saturated heterocycles. The number of nitrogens with one attached hydrogen (secondary N) is 2. The third kappa shape index (κ3) is 4.83. The Bertz CT molecular complexity index is 1360. The number of H-pyrrole nitrogens is 1. The van der Waals surface area contributed by atoms with Crippen LogP contribution in [0.5, 0.6) is 0 Å². The van der Waals surface area contributed by atoms with Crippen molar-refractivity contribution in [3.05, 3.63) is 76.7 Å². The second-order valence-corrected chi connectivity index (χ2v) is 8.13. The molecular weight excluding hydrogens is 440 g/mol. The number of nitrogens with zero attached hydrogens (tertiary/aromatic N) is 2. The van der Waals surface area contributed by atoms with E-state index < -0.39 is 5.97 Å². The monoisotopic (exact) mass is 462 g/mol. The SMILES string of the molecule is CCOC(=O)c1ccc(NC(=O)CSc2nc3c(-c4ccccc4)c[nH]c3c(=O)n2C)cc1. The molecule has 9 heteroatoms. The van der Waals surface area contributed by atoms with Crippen LogP contribution in [0.15, 0.2) is 70.7 Å². The first kappa shape index (κ1) is 22.3. The summed E-state index contributed by atoms with van der Waals surface area (Å²) in [6.07, 6.45) is 1.77. The van der Waals surface area contributed by atoms with Gasteiger partial charge in [-0.15, -0.1) is 0 Å². The molecule has 0 bridgehead atoms. The molecule has 0 saturated carbocycles. The van der Waals surface area contributed by atoms with Gasteiger partial charge in [0, 0.05) is 24.5 Å². The standard InChI is InChI=1S/C24H22N4O4S/c1-3-32-23(31)16-9-11-17(12-10-16)26-19(29)14-33-24-27-20-18(15-7-5-4-6-8-15)13-25-21(20)22(30)28(24)2/h4-13,25H,3,14H2,1-2H3,(H,26,29). The van der Waals surface area contributed by atoms with Crippen molar-refractivity contribution < 1.29 is 14.3 Å². The average Bonchev–Trinajstić information content (AvgIpc) is 3.25. The minimum Gasteiger partial charge on any atom is -0.462 e. The van der Waals surface area contributed by atoms with E-state index in [2.05, 4.69) is 15.3 Å². The number of fused-ring (bicyclic) bond motifs is 1. The topological polar surface area (TPSA) is 106 Å². The van der Waals surface area contributed by atoms with E-state index in [1.165, 1.54) is 16.3 Å². The van der Waals surface area contributed by atoms with Crippen LogP contribution >= 0.6 is 11.8 Å². The summed E-state index contributed by atoms with van der Waals surface area (Å²) in [5.41, 5.74) is 3.54. The van der Waals surface area contributed by atoms with E-state index in [-0.39, 0.29) is 17.2 Å². The summed E-state index contributed by atoms with van der Waals surface area (Å²) in [5, 5.41) is 3.22. The van der Waals surface area contributed by atoms with E-state index in [0.717, 1.165) is 11.1 Å². The highest BCUT2D eigenvalue weighted by molar-refractivity contribution is 7.99. The van der Waals surface area contributed by atoms with Gasteiger partial charge in [-0.05, 0) is 36.8 Å². The molecule has 168 valence electrons. The maximum absolute atomic E-state index is 12.8. The largest absolute Gasteiger partial charge is 0.462 e. The second kappa shape index (κ2) is 9.74. The molecule has 0 radical (unpaired) electrons. The highest BCUT2D eigenvalue weighted by Gasteiger charge is 2.16. The third-order valence-electron chi connectivity index (χ3n) is 4.96. The number of hydrogen-bond donors (Lipinski definition) is 2. The Morgan fingerprint density at radius 3 is 2.55 bits per heavy atom. The van der Waals surface area contributed by atoms with Crippen molar-refractivity contribution in [2.45, 2.75) is 12.1 Å². The lowest BCUT2D eigenvalue weighted by atomic mass is 10.1. The number of amides is 1. The van der Waals surface area contributed by atoms with E-state index in [4.69, 9.17) is 4.74 Å². The predicted octanol–water partition coefficient (Wildman–Crippen LogP) is 3.84. The first-order chi connectivity index (χ1) is 16.0. The summed E-state index contributed by atoms with van der Waals surface area (Å²) in [5.74, 6) is -0.597. The first-order valence-corrected chi connectivity index (χ1v) is 11.3. The van der Waals surface area contributed by atoms with Crippen molar-refractivity contribution in [2.24, 2.45) is 7.05 Å². The molecule has 0 aliphatic carbocycles. The number of aromatic amines is 1. The summed E-state index contributed by atoms with van der Waals surface area (Å²) in [6.45, 7) is 2.04. The Morgan fingerprint density at radius 2 is 1.85 bits per heavy atom. The number of anilines is 1. The molecule has 33 heavy (non-hydrogen) atoms. The van der Waals surface area contributed by atoms with Crippen LogP contribution in [0.2, 0.25) is 0 Å². The lowest BCUT2D eigenvalue weighted by Crippen LogP contribution is -2.21. The number of esters is 1. The van der Waals surface area contributed by atoms with Gasteiger partial charge in [0.15, 0.2) is 5.16 Å². The highest BCUT2D eigenvalue weighted by atomic mass is 32.2. The van der Waals surface area contributed by atoms with E-state index >= 15 is 0 Å². The van der Waals surface area contributed by atoms with Crippen LogP contribution < -0.4 is 10.9 Å². The molecule has 4 aromatic rings. The fraction of sp³-hybridized carbons (Fsp3) is 0.167. The number of hydrogen-bond acceptors (Lipinski definition) is 6. The summed E-state index contributed by atoms with van der Waals surface area (Å²) >= 11 is 1.18. The van der Waals surface area contributed by atoms with Gasteiger partial charge in [0.1, 0.15) is 11.0 Å². The molecule has 0 unspecified atom stereocenters. The summed E-state index contributed by atoms with van der Waals surface area (Å²) in [4.78, 5) is 44.7. The zero-order chi connectivity index (χ0) is 23.4. The van der Waals surface area contributed by atoms with Gasteiger partial charge >= 0.3 is 5.97 Å².